The first kappa shape index (κ1) is 13.4. The highest BCUT2D eigenvalue weighted by Crippen LogP contribution is 2.43. The van der Waals surface area contributed by atoms with Crippen LogP contribution < -0.4 is 5.30 Å². The van der Waals surface area contributed by atoms with Crippen LogP contribution in [-0.2, 0) is 4.57 Å². The first-order valence-electron chi connectivity index (χ1n) is 5.20. The summed E-state index contributed by atoms with van der Waals surface area (Å²) in [5.41, 5.74) is 0.236. The number of hydrogen-bond acceptors (Lipinski definition) is 4. The molecule has 0 aliphatic heterocycles. The van der Waals surface area contributed by atoms with Crippen LogP contribution in [0.15, 0.2) is 36.4 Å². The highest BCUT2D eigenvalue weighted by Gasteiger charge is 2.25. The van der Waals surface area contributed by atoms with Gasteiger partial charge in [-0.1, -0.05) is 12.1 Å². The smallest absolute Gasteiger partial charge is 0.357 e. The van der Waals surface area contributed by atoms with E-state index in [1.165, 1.54) is 24.3 Å². The second-order valence-corrected chi connectivity index (χ2v) is 5.52. The van der Waals surface area contributed by atoms with E-state index in [-0.39, 0.29) is 11.3 Å². The Bertz CT molecular complexity index is 659. The molecule has 0 atom stereocenters. The summed E-state index contributed by atoms with van der Waals surface area (Å²) in [5.74, 6) is -0.915. The van der Waals surface area contributed by atoms with Gasteiger partial charge in [-0.05, 0) is 23.8 Å². The van der Waals surface area contributed by atoms with Crippen molar-refractivity contribution in [2.24, 2.45) is 0 Å². The van der Waals surface area contributed by atoms with E-state index < -0.39 is 24.4 Å². The van der Waals surface area contributed by atoms with Gasteiger partial charge in [-0.3, -0.25) is 4.57 Å². The van der Waals surface area contributed by atoms with E-state index in [1.807, 2.05) is 0 Å². The Morgan fingerprint density at radius 3 is 1.95 bits per heavy atom. The molecule has 2 aromatic rings. The third-order valence-electron chi connectivity index (χ3n) is 2.55. The van der Waals surface area contributed by atoms with Crippen LogP contribution in [0.2, 0.25) is 0 Å². The van der Waals surface area contributed by atoms with Gasteiger partial charge in [0.1, 0.15) is 17.2 Å². The van der Waals surface area contributed by atoms with Crippen molar-refractivity contribution >= 4 is 12.9 Å². The summed E-state index contributed by atoms with van der Waals surface area (Å²) in [6.07, 6.45) is 0. The molecule has 0 unspecified atom stereocenters. The maximum atomic E-state index is 11.4. The number of benzene rings is 2. The molecule has 0 fully saturated rings. The zero-order valence-corrected chi connectivity index (χ0v) is 10.5. The van der Waals surface area contributed by atoms with Crippen molar-refractivity contribution in [2.75, 3.05) is 0 Å². The van der Waals surface area contributed by atoms with Crippen LogP contribution in [-0.4, -0.2) is 25.1 Å². The molecule has 0 radical (unpaired) electrons. The zero-order valence-electron chi connectivity index (χ0n) is 9.56. The van der Waals surface area contributed by atoms with E-state index in [9.17, 15) is 29.7 Å². The minimum Gasteiger partial charge on any atom is -0.508 e. The maximum Gasteiger partial charge on any atom is 0.357 e. The van der Waals surface area contributed by atoms with Gasteiger partial charge < -0.3 is 25.1 Å². The second-order valence-electron chi connectivity index (χ2n) is 3.95. The molecular weight excluding hydrogens is 271 g/mol. The Hall–Kier alpha value is -2.01. The summed E-state index contributed by atoms with van der Waals surface area (Å²) in [4.78, 5) is 18.5. The summed E-state index contributed by atoms with van der Waals surface area (Å²) in [6, 6.07) is 7.35. The van der Waals surface area contributed by atoms with Gasteiger partial charge in [0.05, 0.1) is 5.30 Å². The van der Waals surface area contributed by atoms with Crippen molar-refractivity contribution in [3.63, 3.8) is 0 Å². The fourth-order valence-electron chi connectivity index (χ4n) is 1.75. The molecule has 0 saturated carbocycles. The van der Waals surface area contributed by atoms with Crippen molar-refractivity contribution in [1.82, 2.24) is 0 Å². The molecule has 100 valence electrons. The van der Waals surface area contributed by atoms with Gasteiger partial charge in [0.25, 0.3) is 0 Å². The topological polar surface area (TPSA) is 118 Å². The lowest BCUT2D eigenvalue weighted by atomic mass is 10.0. The number of phenols is 3. The standard InChI is InChI=1S/C12H11O6P/c13-8-3-1-7(2-4-8)12-10(15)5-9(14)6-11(12)19(16,17)18/h1-6,13-15H,(H2,16,17,18). The van der Waals surface area contributed by atoms with Crippen molar-refractivity contribution in [1.29, 1.82) is 0 Å². The minimum absolute atomic E-state index is 0.0141. The Kier molecular flexibility index (Phi) is 3.24. The van der Waals surface area contributed by atoms with Gasteiger partial charge in [-0.25, -0.2) is 0 Å². The average Bonchev–Trinajstić information content (AvgIpc) is 2.28. The SMILES string of the molecule is O=P(O)(O)c1cc(O)cc(O)c1-c1ccc(O)cc1. The fraction of sp³-hybridized carbons (Fsp3) is 0. The summed E-state index contributed by atoms with van der Waals surface area (Å²) >= 11 is 0. The van der Waals surface area contributed by atoms with Gasteiger partial charge in [-0.15, -0.1) is 0 Å². The highest BCUT2D eigenvalue weighted by atomic mass is 31.2. The molecule has 0 spiro atoms. The molecule has 0 aliphatic carbocycles. The number of rotatable bonds is 2. The first-order chi connectivity index (χ1) is 8.79. The van der Waals surface area contributed by atoms with Gasteiger partial charge in [0.15, 0.2) is 0 Å². The van der Waals surface area contributed by atoms with E-state index in [0.29, 0.717) is 5.56 Å². The normalized spacial score (nSPS) is 11.5. The molecule has 0 aromatic heterocycles. The molecular formula is C12H11O6P. The predicted octanol–water partition coefficient (Wildman–Crippen LogP) is 1.27. The Morgan fingerprint density at radius 1 is 0.842 bits per heavy atom. The molecule has 0 aliphatic rings. The van der Waals surface area contributed by atoms with E-state index in [1.54, 1.807) is 0 Å². The van der Waals surface area contributed by atoms with E-state index in [2.05, 4.69) is 0 Å². The van der Waals surface area contributed by atoms with Crippen LogP contribution >= 0.6 is 7.60 Å². The maximum absolute atomic E-state index is 11.4. The zero-order chi connectivity index (χ0) is 14.2. The lowest BCUT2D eigenvalue weighted by Crippen LogP contribution is -2.08. The Morgan fingerprint density at radius 2 is 1.42 bits per heavy atom. The molecule has 6 nitrogen and oxygen atoms in total. The summed E-state index contributed by atoms with van der Waals surface area (Å²) in [6.45, 7) is 0. The molecule has 2 rings (SSSR count). The number of hydrogen-bond donors (Lipinski definition) is 5. The van der Waals surface area contributed by atoms with Gasteiger partial charge >= 0.3 is 7.60 Å². The lowest BCUT2D eigenvalue weighted by Gasteiger charge is -2.13. The fourth-order valence-corrected chi connectivity index (χ4v) is 2.59. The molecule has 2 aromatic carbocycles. The monoisotopic (exact) mass is 282 g/mol. The Labute approximate surface area is 108 Å². The van der Waals surface area contributed by atoms with Crippen molar-refractivity contribution in [3.8, 4) is 28.4 Å². The molecule has 7 heteroatoms. The molecule has 19 heavy (non-hydrogen) atoms. The second kappa shape index (κ2) is 4.59. The first-order valence-corrected chi connectivity index (χ1v) is 6.82. The van der Waals surface area contributed by atoms with Crippen LogP contribution in [0.3, 0.4) is 0 Å². The largest absolute Gasteiger partial charge is 0.508 e. The van der Waals surface area contributed by atoms with E-state index in [4.69, 9.17) is 0 Å². The third kappa shape index (κ3) is 2.71. The summed E-state index contributed by atoms with van der Waals surface area (Å²) in [5, 5.41) is 27.8. The number of aromatic hydroxyl groups is 3. The van der Waals surface area contributed by atoms with Crippen LogP contribution in [0.25, 0.3) is 11.1 Å². The molecule has 0 bridgehead atoms. The van der Waals surface area contributed by atoms with Crippen molar-refractivity contribution in [2.45, 2.75) is 0 Å². The summed E-state index contributed by atoms with van der Waals surface area (Å²) < 4.78 is 11.4. The quantitative estimate of drug-likeness (QED) is 0.529. The summed E-state index contributed by atoms with van der Waals surface area (Å²) in [7, 11) is -4.67. The van der Waals surface area contributed by atoms with Crippen molar-refractivity contribution in [3.05, 3.63) is 36.4 Å². The van der Waals surface area contributed by atoms with Crippen LogP contribution in [0.5, 0.6) is 17.2 Å². The molecule has 0 saturated heterocycles. The van der Waals surface area contributed by atoms with E-state index >= 15 is 0 Å². The average molecular weight is 282 g/mol. The minimum atomic E-state index is -4.67. The molecule has 0 heterocycles. The molecule has 0 amide bonds. The van der Waals surface area contributed by atoms with Crippen LogP contribution in [0.1, 0.15) is 0 Å². The third-order valence-corrected chi connectivity index (χ3v) is 3.53. The predicted molar refractivity (Wildman–Crippen MR) is 68.6 cm³/mol. The van der Waals surface area contributed by atoms with Crippen LogP contribution in [0, 0.1) is 0 Å². The van der Waals surface area contributed by atoms with Crippen LogP contribution in [0.4, 0.5) is 0 Å². The Balaban J connectivity index is 2.75. The highest BCUT2D eigenvalue weighted by molar-refractivity contribution is 7.60. The lowest BCUT2D eigenvalue weighted by molar-refractivity contribution is 0.386. The molecule has 5 N–H and O–H groups in total. The van der Waals surface area contributed by atoms with Gasteiger partial charge in [-0.2, -0.15) is 0 Å². The number of phenolic OH excluding ortho intramolecular Hbond substituents is 3. The van der Waals surface area contributed by atoms with E-state index in [0.717, 1.165) is 12.1 Å². The van der Waals surface area contributed by atoms with Gasteiger partial charge in [0, 0.05) is 11.6 Å². The van der Waals surface area contributed by atoms with Gasteiger partial charge in [0.2, 0.25) is 0 Å². The van der Waals surface area contributed by atoms with Crippen molar-refractivity contribution < 1.29 is 29.7 Å².